The molecule has 146 valence electrons. The quantitative estimate of drug-likeness (QED) is 0.461. The zero-order valence-electron chi connectivity index (χ0n) is 15.4. The Balaban J connectivity index is 0.000000828. The van der Waals surface area contributed by atoms with Crippen molar-refractivity contribution in [3.63, 3.8) is 0 Å². The highest BCUT2D eigenvalue weighted by molar-refractivity contribution is 5.98. The number of carboxylic acids is 2. The molecule has 0 aliphatic carbocycles. The van der Waals surface area contributed by atoms with Gasteiger partial charge in [0.1, 0.15) is 0 Å². The first-order valence-corrected chi connectivity index (χ1v) is 8.04. The summed E-state index contributed by atoms with van der Waals surface area (Å²) in [6.45, 7) is 6.49. The second-order valence-electron chi connectivity index (χ2n) is 6.19. The first kappa shape index (κ1) is 21.8. The van der Waals surface area contributed by atoms with Crippen molar-refractivity contribution < 1.29 is 29.8 Å². The summed E-state index contributed by atoms with van der Waals surface area (Å²) in [5.74, 6) is -3.65. The van der Waals surface area contributed by atoms with Gasteiger partial charge in [0.05, 0.1) is 22.0 Å². The standard InChI is InChI=1S/C15H14N2O6.C3H8O/c1-7-11(14(18)19)13(12(15(20)21)8(2)16-7)9-4-3-5-10(6-9)17(22)23;1-3(2)4/h3-6,13,16H,1-2H3,(H,18,19)(H,20,21);3-4H,1-2H3. The average molecular weight is 378 g/mol. The Morgan fingerprint density at radius 3 is 1.93 bits per heavy atom. The van der Waals surface area contributed by atoms with Gasteiger partial charge in [0.2, 0.25) is 0 Å². The van der Waals surface area contributed by atoms with E-state index in [0.29, 0.717) is 11.4 Å². The summed E-state index contributed by atoms with van der Waals surface area (Å²) in [6.07, 6.45) is -0.167. The van der Waals surface area contributed by atoms with Gasteiger partial charge >= 0.3 is 11.9 Å². The van der Waals surface area contributed by atoms with Crippen LogP contribution in [0.1, 0.15) is 39.2 Å². The number of benzene rings is 1. The number of nitro benzene ring substituents is 1. The van der Waals surface area contributed by atoms with Crippen LogP contribution < -0.4 is 5.32 Å². The van der Waals surface area contributed by atoms with Gasteiger partial charge in [-0.1, -0.05) is 12.1 Å². The predicted octanol–water partition coefficient (Wildman–Crippen LogP) is 2.39. The molecule has 1 aromatic rings. The molecule has 0 spiro atoms. The van der Waals surface area contributed by atoms with E-state index >= 15 is 0 Å². The van der Waals surface area contributed by atoms with Gasteiger partial charge in [-0.25, -0.2) is 9.59 Å². The molecule has 0 unspecified atom stereocenters. The topological polar surface area (TPSA) is 150 Å². The molecule has 2 rings (SSSR count). The molecule has 1 aliphatic rings. The van der Waals surface area contributed by atoms with Gasteiger partial charge in [-0.05, 0) is 33.3 Å². The Kier molecular flexibility index (Phi) is 7.24. The number of non-ortho nitro benzene ring substituents is 1. The Bertz CT molecular complexity index is 786. The number of nitrogens with one attached hydrogen (secondary N) is 1. The fourth-order valence-electron chi connectivity index (χ4n) is 2.71. The summed E-state index contributed by atoms with van der Waals surface area (Å²) in [5.41, 5.74) is 0.329. The summed E-state index contributed by atoms with van der Waals surface area (Å²) in [7, 11) is 0. The monoisotopic (exact) mass is 378 g/mol. The lowest BCUT2D eigenvalue weighted by atomic mass is 9.80. The fraction of sp³-hybridized carbons (Fsp3) is 0.333. The smallest absolute Gasteiger partial charge is 0.334 e. The maximum absolute atomic E-state index is 11.6. The normalized spacial score (nSPS) is 14.4. The Hall–Kier alpha value is -3.20. The highest BCUT2D eigenvalue weighted by Gasteiger charge is 2.36. The van der Waals surface area contributed by atoms with Crippen molar-refractivity contribution in [2.45, 2.75) is 39.7 Å². The number of aliphatic hydroxyl groups is 1. The lowest BCUT2D eigenvalue weighted by molar-refractivity contribution is -0.384. The van der Waals surface area contributed by atoms with Crippen molar-refractivity contribution in [1.82, 2.24) is 5.32 Å². The van der Waals surface area contributed by atoms with Gasteiger partial charge in [-0.3, -0.25) is 10.1 Å². The molecule has 0 aromatic heterocycles. The summed E-state index contributed by atoms with van der Waals surface area (Å²) < 4.78 is 0. The van der Waals surface area contributed by atoms with Gasteiger partial charge in [-0.2, -0.15) is 0 Å². The van der Waals surface area contributed by atoms with Crippen molar-refractivity contribution in [3.8, 4) is 0 Å². The highest BCUT2D eigenvalue weighted by Crippen LogP contribution is 2.39. The van der Waals surface area contributed by atoms with E-state index in [-0.39, 0.29) is 28.5 Å². The van der Waals surface area contributed by atoms with E-state index in [1.54, 1.807) is 13.8 Å². The minimum absolute atomic E-state index is 0.145. The van der Waals surface area contributed by atoms with Gasteiger partial charge < -0.3 is 20.6 Å². The van der Waals surface area contributed by atoms with Crippen LogP contribution in [0.25, 0.3) is 0 Å². The van der Waals surface area contributed by atoms with Gasteiger partial charge in [0.25, 0.3) is 5.69 Å². The molecule has 0 saturated carbocycles. The Morgan fingerprint density at radius 1 is 1.11 bits per heavy atom. The third-order valence-electron chi connectivity index (χ3n) is 3.64. The number of allylic oxidation sites excluding steroid dienone is 2. The molecule has 0 fully saturated rings. The first-order valence-electron chi connectivity index (χ1n) is 8.04. The zero-order chi connectivity index (χ0) is 20.9. The van der Waals surface area contributed by atoms with Crippen molar-refractivity contribution in [3.05, 3.63) is 62.5 Å². The highest BCUT2D eigenvalue weighted by atomic mass is 16.6. The molecule has 1 heterocycles. The van der Waals surface area contributed by atoms with E-state index < -0.39 is 22.8 Å². The van der Waals surface area contributed by atoms with Crippen LogP contribution in [0, 0.1) is 10.1 Å². The molecule has 4 N–H and O–H groups in total. The molecule has 0 saturated heterocycles. The summed E-state index contributed by atoms with van der Waals surface area (Å²) in [6, 6.07) is 5.34. The number of carbonyl (C=O) groups is 2. The molecule has 1 aliphatic heterocycles. The summed E-state index contributed by atoms with van der Waals surface area (Å²) >= 11 is 0. The summed E-state index contributed by atoms with van der Waals surface area (Å²) in [5, 5.41) is 40.6. The second-order valence-corrected chi connectivity index (χ2v) is 6.19. The molecule has 9 heteroatoms. The Labute approximate surface area is 155 Å². The van der Waals surface area contributed by atoms with Crippen molar-refractivity contribution >= 4 is 17.6 Å². The van der Waals surface area contributed by atoms with E-state index in [4.69, 9.17) is 5.11 Å². The third kappa shape index (κ3) is 5.38. The minimum Gasteiger partial charge on any atom is -0.478 e. The second kappa shape index (κ2) is 8.95. The van der Waals surface area contributed by atoms with E-state index in [9.17, 15) is 29.9 Å². The molecular formula is C18H22N2O7. The minimum atomic E-state index is -1.28. The number of aliphatic carboxylic acids is 2. The van der Waals surface area contributed by atoms with Crippen LogP contribution in [0.4, 0.5) is 5.69 Å². The van der Waals surface area contributed by atoms with E-state index in [2.05, 4.69) is 5.32 Å². The molecule has 1 aromatic carbocycles. The van der Waals surface area contributed by atoms with Crippen LogP contribution in [0.2, 0.25) is 0 Å². The number of nitrogens with zero attached hydrogens (tertiary/aromatic N) is 1. The van der Waals surface area contributed by atoms with Gasteiger partial charge in [0, 0.05) is 29.6 Å². The zero-order valence-corrected chi connectivity index (χ0v) is 15.4. The Morgan fingerprint density at radius 2 is 1.56 bits per heavy atom. The average Bonchev–Trinajstić information content (AvgIpc) is 2.52. The largest absolute Gasteiger partial charge is 0.478 e. The molecule has 9 nitrogen and oxygen atoms in total. The molecule has 0 amide bonds. The summed E-state index contributed by atoms with van der Waals surface area (Å²) in [4.78, 5) is 33.5. The first-order chi connectivity index (χ1) is 12.5. The number of rotatable bonds is 4. The molecule has 27 heavy (non-hydrogen) atoms. The van der Waals surface area contributed by atoms with E-state index in [1.165, 1.54) is 38.1 Å². The van der Waals surface area contributed by atoms with Crippen LogP contribution in [-0.2, 0) is 9.59 Å². The SMILES string of the molecule is CC(C)O.CC1=C(C(=O)O)C(c2cccc([N+](=O)[O-])c2)C(C(=O)O)=C(C)N1. The van der Waals surface area contributed by atoms with E-state index in [1.807, 2.05) is 0 Å². The lowest BCUT2D eigenvalue weighted by Gasteiger charge is -2.28. The number of hydrogen-bond acceptors (Lipinski definition) is 6. The molecular weight excluding hydrogens is 356 g/mol. The van der Waals surface area contributed by atoms with Crippen molar-refractivity contribution in [2.24, 2.45) is 0 Å². The van der Waals surface area contributed by atoms with E-state index in [0.717, 1.165) is 0 Å². The fourth-order valence-corrected chi connectivity index (χ4v) is 2.71. The molecule has 0 atom stereocenters. The number of carboxylic acid groups (broad SMARTS) is 2. The van der Waals surface area contributed by atoms with Crippen LogP contribution in [0.15, 0.2) is 46.8 Å². The third-order valence-corrected chi connectivity index (χ3v) is 3.64. The maximum Gasteiger partial charge on any atom is 0.334 e. The number of hydrogen-bond donors (Lipinski definition) is 4. The maximum atomic E-state index is 11.6. The molecule has 0 bridgehead atoms. The van der Waals surface area contributed by atoms with Gasteiger partial charge in [-0.15, -0.1) is 0 Å². The molecule has 0 radical (unpaired) electrons. The van der Waals surface area contributed by atoms with Crippen molar-refractivity contribution in [2.75, 3.05) is 0 Å². The number of dihydropyridines is 1. The lowest BCUT2D eigenvalue weighted by Crippen LogP contribution is -2.31. The predicted molar refractivity (Wildman–Crippen MR) is 97.0 cm³/mol. The van der Waals surface area contributed by atoms with Crippen molar-refractivity contribution in [1.29, 1.82) is 0 Å². The van der Waals surface area contributed by atoms with Gasteiger partial charge in [0.15, 0.2) is 0 Å². The van der Waals surface area contributed by atoms with Crippen LogP contribution in [0.3, 0.4) is 0 Å². The van der Waals surface area contributed by atoms with Crippen LogP contribution in [0.5, 0.6) is 0 Å². The van der Waals surface area contributed by atoms with Crippen LogP contribution in [-0.4, -0.2) is 38.3 Å². The number of aliphatic hydroxyl groups excluding tert-OH is 1. The van der Waals surface area contributed by atoms with Crippen LogP contribution >= 0.6 is 0 Å². The number of nitro groups is 1.